The lowest BCUT2D eigenvalue weighted by Crippen LogP contribution is -2.07. The molecule has 0 bridgehead atoms. The first-order valence-electron chi connectivity index (χ1n) is 9.53. The van der Waals surface area contributed by atoms with E-state index < -0.39 is 11.3 Å². The normalized spacial score (nSPS) is 15.4. The number of hydrogen-bond donors (Lipinski definition) is 1. The third-order valence-corrected chi connectivity index (χ3v) is 5.19. The molecule has 0 saturated heterocycles. The van der Waals surface area contributed by atoms with Crippen molar-refractivity contribution in [2.75, 3.05) is 0 Å². The zero-order chi connectivity index (χ0) is 21.2. The molecule has 4 heterocycles. The Balaban J connectivity index is 1.88. The largest absolute Gasteiger partial charge is 0.507 e. The van der Waals surface area contributed by atoms with E-state index in [-0.39, 0.29) is 45.5 Å². The summed E-state index contributed by atoms with van der Waals surface area (Å²) in [4.78, 5) is 25.4. The number of aromatic hydroxyl groups is 1. The van der Waals surface area contributed by atoms with Gasteiger partial charge in [-0.3, -0.25) is 0 Å². The van der Waals surface area contributed by atoms with Crippen molar-refractivity contribution in [3.8, 4) is 33.9 Å². The van der Waals surface area contributed by atoms with E-state index in [1.54, 1.807) is 26.0 Å². The summed E-state index contributed by atoms with van der Waals surface area (Å²) in [6, 6.07) is 8.43. The SMILES string of the molecule is Cc1cc(O)c(-c2c(-c3ccc4c(c3)CC(C)O4)oc3cc(C)oc(=O)c23)c(=O)o1. The highest BCUT2D eigenvalue weighted by Crippen LogP contribution is 2.43. The zero-order valence-electron chi connectivity index (χ0n) is 16.6. The molecule has 30 heavy (non-hydrogen) atoms. The van der Waals surface area contributed by atoms with Crippen LogP contribution in [0.1, 0.15) is 24.0 Å². The number of hydrogen-bond acceptors (Lipinski definition) is 7. The van der Waals surface area contributed by atoms with Gasteiger partial charge in [-0.25, -0.2) is 9.59 Å². The molecular weight excluding hydrogens is 388 g/mol. The van der Waals surface area contributed by atoms with E-state index in [2.05, 4.69) is 0 Å². The molecule has 152 valence electrons. The van der Waals surface area contributed by atoms with E-state index >= 15 is 0 Å². The molecular formula is C23H18O7. The van der Waals surface area contributed by atoms with Gasteiger partial charge in [0.2, 0.25) is 0 Å². The molecule has 1 aliphatic heterocycles. The molecule has 1 atom stereocenters. The van der Waals surface area contributed by atoms with Crippen molar-refractivity contribution in [3.05, 3.63) is 68.3 Å². The van der Waals surface area contributed by atoms with Crippen LogP contribution < -0.4 is 16.0 Å². The van der Waals surface area contributed by atoms with Crippen molar-refractivity contribution in [1.29, 1.82) is 0 Å². The van der Waals surface area contributed by atoms with Crippen LogP contribution in [-0.2, 0) is 6.42 Å². The first-order valence-corrected chi connectivity index (χ1v) is 9.53. The summed E-state index contributed by atoms with van der Waals surface area (Å²) < 4.78 is 22.2. The maximum Gasteiger partial charge on any atom is 0.347 e. The van der Waals surface area contributed by atoms with Crippen LogP contribution in [0.5, 0.6) is 11.5 Å². The Kier molecular flexibility index (Phi) is 3.89. The summed E-state index contributed by atoms with van der Waals surface area (Å²) in [6.07, 6.45) is 0.797. The molecule has 1 unspecified atom stereocenters. The van der Waals surface area contributed by atoms with Gasteiger partial charge in [-0.05, 0) is 44.5 Å². The number of aryl methyl sites for hydroxylation is 2. The molecule has 7 heteroatoms. The number of benzene rings is 1. The van der Waals surface area contributed by atoms with Crippen LogP contribution in [-0.4, -0.2) is 11.2 Å². The van der Waals surface area contributed by atoms with E-state index in [1.165, 1.54) is 6.07 Å². The van der Waals surface area contributed by atoms with Crippen LogP contribution in [0, 0.1) is 13.8 Å². The number of rotatable bonds is 2. The Labute approximate surface area is 170 Å². The lowest BCUT2D eigenvalue weighted by molar-refractivity contribution is 0.254. The van der Waals surface area contributed by atoms with Gasteiger partial charge in [0.25, 0.3) is 0 Å². The average Bonchev–Trinajstić information content (AvgIpc) is 3.20. The van der Waals surface area contributed by atoms with Crippen LogP contribution in [0.2, 0.25) is 0 Å². The molecule has 0 amide bonds. The number of ether oxygens (including phenoxy) is 1. The minimum atomic E-state index is -0.769. The highest BCUT2D eigenvalue weighted by atomic mass is 16.5. The second-order valence-corrected chi connectivity index (χ2v) is 7.55. The molecule has 7 nitrogen and oxygen atoms in total. The van der Waals surface area contributed by atoms with Gasteiger partial charge in [0, 0.05) is 24.1 Å². The monoisotopic (exact) mass is 406 g/mol. The first-order chi connectivity index (χ1) is 14.3. The maximum atomic E-state index is 12.7. The molecule has 3 aromatic heterocycles. The second-order valence-electron chi connectivity index (χ2n) is 7.55. The number of fused-ring (bicyclic) bond motifs is 2. The molecule has 0 radical (unpaired) electrons. The maximum absolute atomic E-state index is 12.7. The lowest BCUT2D eigenvalue weighted by atomic mass is 9.98. The minimum Gasteiger partial charge on any atom is -0.507 e. The highest BCUT2D eigenvalue weighted by molar-refractivity contribution is 6.02. The lowest BCUT2D eigenvalue weighted by Gasteiger charge is -2.07. The minimum absolute atomic E-state index is 0.0632. The molecule has 0 saturated carbocycles. The van der Waals surface area contributed by atoms with E-state index in [9.17, 15) is 14.7 Å². The van der Waals surface area contributed by atoms with E-state index in [0.29, 0.717) is 11.3 Å². The fourth-order valence-electron chi connectivity index (χ4n) is 4.00. The van der Waals surface area contributed by atoms with Crippen LogP contribution in [0.3, 0.4) is 0 Å². The third kappa shape index (κ3) is 2.74. The molecule has 0 aliphatic carbocycles. The summed E-state index contributed by atoms with van der Waals surface area (Å²) in [7, 11) is 0. The van der Waals surface area contributed by atoms with Crippen LogP contribution >= 0.6 is 0 Å². The summed E-state index contributed by atoms with van der Waals surface area (Å²) in [5, 5.41) is 10.6. The van der Waals surface area contributed by atoms with Gasteiger partial charge in [0.1, 0.15) is 51.4 Å². The predicted octanol–water partition coefficient (Wildman–Crippen LogP) is 4.32. The Morgan fingerprint density at radius 2 is 1.67 bits per heavy atom. The molecule has 0 spiro atoms. The molecule has 1 N–H and O–H groups in total. The Hall–Kier alpha value is -3.74. The summed E-state index contributed by atoms with van der Waals surface area (Å²) in [5.41, 5.74) is 0.483. The summed E-state index contributed by atoms with van der Waals surface area (Å²) >= 11 is 0. The van der Waals surface area contributed by atoms with Gasteiger partial charge in [-0.1, -0.05) is 0 Å². The van der Waals surface area contributed by atoms with Gasteiger partial charge in [0.15, 0.2) is 0 Å². The van der Waals surface area contributed by atoms with Crippen molar-refractivity contribution in [3.63, 3.8) is 0 Å². The Bertz CT molecular complexity index is 1430. The molecule has 5 rings (SSSR count). The Morgan fingerprint density at radius 1 is 0.933 bits per heavy atom. The van der Waals surface area contributed by atoms with E-state index in [0.717, 1.165) is 17.7 Å². The third-order valence-electron chi connectivity index (χ3n) is 5.19. The first kappa shape index (κ1) is 18.3. The number of furan rings is 1. The zero-order valence-corrected chi connectivity index (χ0v) is 16.6. The van der Waals surface area contributed by atoms with E-state index in [4.69, 9.17) is 18.0 Å². The quantitative estimate of drug-likeness (QED) is 0.529. The van der Waals surface area contributed by atoms with Crippen molar-refractivity contribution < 1.29 is 23.1 Å². The Morgan fingerprint density at radius 3 is 2.43 bits per heavy atom. The van der Waals surface area contributed by atoms with Crippen molar-refractivity contribution in [1.82, 2.24) is 0 Å². The molecule has 4 aromatic rings. The molecule has 1 aromatic carbocycles. The fourth-order valence-corrected chi connectivity index (χ4v) is 4.00. The predicted molar refractivity (Wildman–Crippen MR) is 109 cm³/mol. The highest BCUT2D eigenvalue weighted by Gasteiger charge is 2.28. The van der Waals surface area contributed by atoms with Crippen LogP contribution in [0.4, 0.5) is 0 Å². The van der Waals surface area contributed by atoms with Crippen molar-refractivity contribution >= 4 is 11.0 Å². The standard InChI is InChI=1S/C23H18O7/c1-10-6-14-9-13(4-5-16(14)27-10)21-20(18-15(24)7-11(2)28-22(18)25)19-17(30-21)8-12(3)29-23(19)26/h4-5,7-10,24H,6H2,1-3H3. The molecule has 1 aliphatic rings. The van der Waals surface area contributed by atoms with Crippen LogP contribution in [0.15, 0.2) is 53.2 Å². The van der Waals surface area contributed by atoms with E-state index in [1.807, 2.05) is 19.1 Å². The fraction of sp³-hybridized carbons (Fsp3) is 0.217. The van der Waals surface area contributed by atoms with Gasteiger partial charge in [-0.15, -0.1) is 0 Å². The molecule has 0 fully saturated rings. The van der Waals surface area contributed by atoms with Gasteiger partial charge >= 0.3 is 11.3 Å². The topological polar surface area (TPSA) is 103 Å². The van der Waals surface area contributed by atoms with Crippen molar-refractivity contribution in [2.45, 2.75) is 33.3 Å². The van der Waals surface area contributed by atoms with Crippen LogP contribution in [0.25, 0.3) is 33.4 Å². The average molecular weight is 406 g/mol. The van der Waals surface area contributed by atoms with Gasteiger partial charge in [0.05, 0.1) is 5.56 Å². The van der Waals surface area contributed by atoms with Gasteiger partial charge in [-0.2, -0.15) is 0 Å². The smallest absolute Gasteiger partial charge is 0.347 e. The summed E-state index contributed by atoms with van der Waals surface area (Å²) in [6.45, 7) is 5.17. The summed E-state index contributed by atoms with van der Waals surface area (Å²) in [5.74, 6) is 1.39. The van der Waals surface area contributed by atoms with Gasteiger partial charge < -0.3 is 23.1 Å². The second kappa shape index (κ2) is 6.38. The van der Waals surface area contributed by atoms with Crippen molar-refractivity contribution in [2.24, 2.45) is 0 Å².